The van der Waals surface area contributed by atoms with Crippen molar-refractivity contribution in [2.45, 2.75) is 59.4 Å². The molecule has 1 saturated heterocycles. The molecular weight excluding hydrogens is 657 g/mol. The van der Waals surface area contributed by atoms with Gasteiger partial charge in [0.15, 0.2) is 16.1 Å². The molecule has 0 unspecified atom stereocenters. The highest BCUT2D eigenvalue weighted by molar-refractivity contribution is 8.17. The van der Waals surface area contributed by atoms with E-state index in [4.69, 9.17) is 23.2 Å². The number of ketones is 1. The van der Waals surface area contributed by atoms with Crippen molar-refractivity contribution in [1.82, 2.24) is 18.8 Å². The van der Waals surface area contributed by atoms with Crippen LogP contribution in [-0.4, -0.2) is 52.4 Å². The van der Waals surface area contributed by atoms with Crippen LogP contribution in [-0.2, 0) is 37.1 Å². The van der Waals surface area contributed by atoms with E-state index in [9.17, 15) is 31.6 Å². The molecule has 1 amide bonds. The average molecular weight is 690 g/mol. The lowest BCUT2D eigenvalue weighted by Gasteiger charge is -2.16. The van der Waals surface area contributed by atoms with Crippen LogP contribution < -0.4 is 4.72 Å². The maximum atomic E-state index is 14.1. The number of carbonyl (C=O) groups excluding carboxylic acids is 3. The monoisotopic (exact) mass is 688 g/mol. The molecule has 4 rings (SSSR count). The lowest BCUT2D eigenvalue weighted by atomic mass is 10.0. The van der Waals surface area contributed by atoms with E-state index in [2.05, 4.69) is 5.10 Å². The van der Waals surface area contributed by atoms with Crippen LogP contribution in [0.2, 0.25) is 10.2 Å². The number of fused-ring (bicyclic) bond motifs is 1. The number of thioether (sulfide) groups is 1. The van der Waals surface area contributed by atoms with E-state index in [1.807, 2.05) is 4.72 Å². The molecule has 238 valence electrons. The lowest BCUT2D eigenvalue weighted by Crippen LogP contribution is -2.41. The quantitative estimate of drug-likeness (QED) is 0.253. The third-order valence-electron chi connectivity index (χ3n) is 6.46. The van der Waals surface area contributed by atoms with Crippen molar-refractivity contribution >= 4 is 79.0 Å². The number of alkyl halides is 2. The molecule has 1 aliphatic rings. The summed E-state index contributed by atoms with van der Waals surface area (Å²) in [5.41, 5.74) is 1.51. The first-order valence-corrected chi connectivity index (χ1v) is 16.6. The van der Waals surface area contributed by atoms with Crippen LogP contribution in [0, 0.1) is 0 Å². The number of benzene rings is 2. The van der Waals surface area contributed by atoms with Gasteiger partial charge in [0.1, 0.15) is 0 Å². The van der Waals surface area contributed by atoms with Crippen LogP contribution >= 0.6 is 35.0 Å². The molecule has 1 aromatic heterocycles. The molecule has 0 saturated carbocycles. The summed E-state index contributed by atoms with van der Waals surface area (Å²) in [6.45, 7) is 6.33. The van der Waals surface area contributed by atoms with E-state index in [0.29, 0.717) is 40.0 Å². The van der Waals surface area contributed by atoms with Gasteiger partial charge in [-0.05, 0) is 73.0 Å². The number of nitrogens with zero attached hydrogens (tertiary/aromatic N) is 3. The van der Waals surface area contributed by atoms with Gasteiger partial charge in [-0.25, -0.2) is 13.5 Å². The highest BCUT2D eigenvalue weighted by Gasteiger charge is 2.28. The first kappa shape index (κ1) is 35.6. The first-order valence-electron chi connectivity index (χ1n) is 13.6. The summed E-state index contributed by atoms with van der Waals surface area (Å²) in [7, 11) is -3.54. The Morgan fingerprint density at radius 3 is 2.32 bits per heavy atom. The maximum absolute atomic E-state index is 14.1. The fourth-order valence-electron chi connectivity index (χ4n) is 4.34. The molecule has 0 spiro atoms. The summed E-state index contributed by atoms with van der Waals surface area (Å²) < 4.78 is 55.8. The molecule has 0 radical (unpaired) electrons. The van der Waals surface area contributed by atoms with E-state index in [-0.39, 0.29) is 39.6 Å². The number of rotatable bonds is 9. The van der Waals surface area contributed by atoms with Gasteiger partial charge in [0, 0.05) is 49.3 Å². The zero-order chi connectivity index (χ0) is 32.8. The van der Waals surface area contributed by atoms with E-state index in [0.717, 1.165) is 31.5 Å². The maximum Gasteiger partial charge on any atom is 0.303 e. The van der Waals surface area contributed by atoms with E-state index in [1.165, 1.54) is 24.2 Å². The van der Waals surface area contributed by atoms with E-state index < -0.39 is 22.0 Å². The predicted octanol–water partition coefficient (Wildman–Crippen LogP) is 6.57. The summed E-state index contributed by atoms with van der Waals surface area (Å²) >= 11 is 13.1. The Kier molecular flexibility index (Phi) is 12.1. The Morgan fingerprint density at radius 2 is 1.75 bits per heavy atom. The van der Waals surface area contributed by atoms with E-state index >= 15 is 0 Å². The normalized spacial score (nSPS) is 14.3. The molecule has 1 fully saturated rings. The molecule has 1 aliphatic heterocycles. The molecule has 1 N–H and O–H groups in total. The summed E-state index contributed by atoms with van der Waals surface area (Å²) in [6, 6.07) is 9.59. The van der Waals surface area contributed by atoms with Crippen molar-refractivity contribution in [2.24, 2.45) is 0 Å². The molecule has 2 heterocycles. The Labute approximate surface area is 269 Å². The van der Waals surface area contributed by atoms with Crippen LogP contribution in [0.15, 0.2) is 41.3 Å². The number of hydrogen-bond donors (Lipinski definition) is 1. The average Bonchev–Trinajstić information content (AvgIpc) is 3.58. The summed E-state index contributed by atoms with van der Waals surface area (Å²) in [5, 5.41) is 5.13. The molecule has 0 bridgehead atoms. The van der Waals surface area contributed by atoms with Gasteiger partial charge >= 0.3 is 10.2 Å². The Hall–Kier alpha value is -2.84. The number of halogens is 4. The standard InChI is InChI=1S/C22H18Cl2F2N2O2S.C7H14N2O3S/c1-12(29)20(31-13(2)30)9-14-4-7-19-17(8-14)21(24)27-28(19)11-15-5-6-16(23)10-18(15)22(3,25)26;1-2-7(10)8-13(11,12)9-5-3-4-6-9/h4-10H,11H2,1-3H3;2-6H2,1H3,(H,8,10)/b20-9-;. The Balaban J connectivity index is 0.000000340. The molecule has 3 aromatic rings. The SMILES string of the molecule is CC(=O)S/C(=C\c1ccc2c(c1)c(Cl)nn2Cc1ccc(Cl)cc1C(C)(F)F)C(C)=O.CCC(=O)NS(=O)(=O)N1CCCC1. The number of aromatic nitrogens is 2. The highest BCUT2D eigenvalue weighted by atomic mass is 35.5. The minimum Gasteiger partial charge on any atom is -0.294 e. The second kappa shape index (κ2) is 15.0. The molecular formula is C29H32Cl2F2N4O5S2. The number of amides is 1. The Morgan fingerprint density at radius 1 is 1.09 bits per heavy atom. The number of Topliss-reactive ketones (excluding diaryl/α,β-unsaturated/α-hetero) is 1. The highest BCUT2D eigenvalue weighted by Crippen LogP contribution is 2.34. The fraction of sp³-hybridized carbons (Fsp3) is 0.379. The molecule has 15 heteroatoms. The van der Waals surface area contributed by atoms with Crippen LogP contribution in [0.3, 0.4) is 0 Å². The third-order valence-corrected chi connectivity index (χ3v) is 9.42. The zero-order valence-electron chi connectivity index (χ0n) is 24.5. The zero-order valence-corrected chi connectivity index (χ0v) is 27.6. The first-order chi connectivity index (χ1) is 20.5. The van der Waals surface area contributed by atoms with Gasteiger partial charge in [-0.3, -0.25) is 19.1 Å². The molecule has 0 atom stereocenters. The van der Waals surface area contributed by atoms with Gasteiger partial charge in [0.25, 0.3) is 5.92 Å². The summed E-state index contributed by atoms with van der Waals surface area (Å²) in [6.07, 6.45) is 3.55. The summed E-state index contributed by atoms with van der Waals surface area (Å²) in [5.74, 6) is -3.74. The van der Waals surface area contributed by atoms with Gasteiger partial charge in [-0.15, -0.1) is 0 Å². The topological polar surface area (TPSA) is 118 Å². The number of hydrogen-bond acceptors (Lipinski definition) is 7. The Bertz CT molecular complexity index is 1700. The predicted molar refractivity (Wildman–Crippen MR) is 170 cm³/mol. The largest absolute Gasteiger partial charge is 0.303 e. The van der Waals surface area contributed by atoms with Crippen LogP contribution in [0.5, 0.6) is 0 Å². The van der Waals surface area contributed by atoms with Gasteiger partial charge in [0.05, 0.1) is 17.0 Å². The minimum absolute atomic E-state index is 0.0766. The van der Waals surface area contributed by atoms with Gasteiger partial charge in [0.2, 0.25) is 5.91 Å². The van der Waals surface area contributed by atoms with Crippen molar-refractivity contribution in [3.05, 3.63) is 68.2 Å². The third kappa shape index (κ3) is 9.58. The molecule has 44 heavy (non-hydrogen) atoms. The van der Waals surface area contributed by atoms with E-state index in [1.54, 1.807) is 48.0 Å². The second-order valence-corrected chi connectivity index (χ2v) is 13.7. The fourth-order valence-corrected chi connectivity index (χ4v) is 6.71. The van der Waals surface area contributed by atoms with Crippen molar-refractivity contribution in [3.8, 4) is 0 Å². The minimum atomic E-state index is -3.54. The van der Waals surface area contributed by atoms with Gasteiger partial charge in [-0.2, -0.15) is 17.8 Å². The summed E-state index contributed by atoms with van der Waals surface area (Å²) in [4.78, 5) is 34.4. The van der Waals surface area contributed by atoms with Gasteiger partial charge in [-0.1, -0.05) is 42.3 Å². The van der Waals surface area contributed by atoms with Crippen molar-refractivity contribution < 1.29 is 31.6 Å². The van der Waals surface area contributed by atoms with Crippen molar-refractivity contribution in [3.63, 3.8) is 0 Å². The number of carbonyl (C=O) groups is 3. The van der Waals surface area contributed by atoms with Crippen molar-refractivity contribution in [2.75, 3.05) is 13.1 Å². The van der Waals surface area contributed by atoms with Crippen LogP contribution in [0.1, 0.15) is 63.6 Å². The van der Waals surface area contributed by atoms with Crippen molar-refractivity contribution in [1.29, 1.82) is 0 Å². The molecule has 9 nitrogen and oxygen atoms in total. The molecule has 2 aromatic carbocycles. The lowest BCUT2D eigenvalue weighted by molar-refractivity contribution is -0.119. The second-order valence-electron chi connectivity index (χ2n) is 10.1. The smallest absolute Gasteiger partial charge is 0.294 e. The number of nitrogens with one attached hydrogen (secondary N) is 1. The van der Waals surface area contributed by atoms with Gasteiger partial charge < -0.3 is 0 Å². The van der Waals surface area contributed by atoms with Crippen LogP contribution in [0.4, 0.5) is 8.78 Å². The number of allylic oxidation sites excluding steroid dienone is 1. The van der Waals surface area contributed by atoms with Crippen LogP contribution in [0.25, 0.3) is 17.0 Å². The molecule has 0 aliphatic carbocycles.